The molecule has 0 spiro atoms. The maximum absolute atomic E-state index is 5.80. The van der Waals surface area contributed by atoms with Crippen LogP contribution < -0.4 is 10.6 Å². The van der Waals surface area contributed by atoms with Crippen LogP contribution in [0.5, 0.6) is 0 Å². The molecule has 0 unspecified atom stereocenters. The summed E-state index contributed by atoms with van der Waals surface area (Å²) in [6.07, 6.45) is 7.37. The Morgan fingerprint density at radius 1 is 1.21 bits per heavy atom. The van der Waals surface area contributed by atoms with Crippen LogP contribution in [0, 0.1) is 0 Å². The summed E-state index contributed by atoms with van der Waals surface area (Å²) >= 11 is 0. The molecule has 3 rings (SSSR count). The van der Waals surface area contributed by atoms with Crippen LogP contribution in [0.15, 0.2) is 18.7 Å². The number of aromatic nitrogens is 5. The van der Waals surface area contributed by atoms with E-state index in [-0.39, 0.29) is 11.5 Å². The Morgan fingerprint density at radius 2 is 2.00 bits per heavy atom. The van der Waals surface area contributed by atoms with Crippen LogP contribution in [0.3, 0.4) is 0 Å². The summed E-state index contributed by atoms with van der Waals surface area (Å²) in [4.78, 5) is 19.1. The Hall–Kier alpha value is -2.18. The molecule has 3 heterocycles. The van der Waals surface area contributed by atoms with E-state index in [2.05, 4.69) is 38.7 Å². The van der Waals surface area contributed by atoms with E-state index < -0.39 is 0 Å². The second-order valence-electron chi connectivity index (χ2n) is 5.33. The molecule has 7 heteroatoms. The summed E-state index contributed by atoms with van der Waals surface area (Å²) < 4.78 is 1.73. The van der Waals surface area contributed by atoms with Gasteiger partial charge in [-0.05, 0) is 26.7 Å². The van der Waals surface area contributed by atoms with Crippen LogP contribution in [0.25, 0.3) is 5.95 Å². The lowest BCUT2D eigenvalue weighted by molar-refractivity contribution is 0.509. The average Bonchev–Trinajstić information content (AvgIpc) is 2.96. The lowest BCUT2D eigenvalue weighted by Crippen LogP contribution is -2.39. The summed E-state index contributed by atoms with van der Waals surface area (Å²) in [5.41, 5.74) is 5.85. The van der Waals surface area contributed by atoms with Crippen molar-refractivity contribution in [1.82, 2.24) is 24.5 Å². The van der Waals surface area contributed by atoms with Gasteiger partial charge in [-0.3, -0.25) is 4.57 Å². The Balaban J connectivity index is 2.03. The third-order valence-corrected chi connectivity index (χ3v) is 3.51. The van der Waals surface area contributed by atoms with Gasteiger partial charge >= 0.3 is 0 Å². The molecule has 0 atom stereocenters. The highest BCUT2D eigenvalue weighted by molar-refractivity contribution is 5.41. The summed E-state index contributed by atoms with van der Waals surface area (Å²) in [5.74, 6) is 1.37. The Morgan fingerprint density at radius 3 is 2.63 bits per heavy atom. The Labute approximate surface area is 111 Å². The van der Waals surface area contributed by atoms with Gasteiger partial charge in [0, 0.05) is 24.5 Å². The van der Waals surface area contributed by atoms with E-state index in [1.807, 2.05) is 0 Å². The van der Waals surface area contributed by atoms with Crippen LogP contribution in [0.1, 0.15) is 26.7 Å². The third-order valence-electron chi connectivity index (χ3n) is 3.51. The van der Waals surface area contributed by atoms with E-state index in [1.165, 1.54) is 0 Å². The standard InChI is InChI=1S/C12H17N7/c1-12(2)4-3-6-19(12)11-16-9(13)15-10(17-11)18-7-5-14-8-18/h5,7-8H,3-4,6H2,1-2H3,(H2,13,15,16,17). The van der Waals surface area contributed by atoms with Gasteiger partial charge in [0.15, 0.2) is 0 Å². The number of nitrogens with two attached hydrogens (primary N) is 1. The van der Waals surface area contributed by atoms with Gasteiger partial charge in [-0.2, -0.15) is 15.0 Å². The van der Waals surface area contributed by atoms with Gasteiger partial charge in [-0.1, -0.05) is 0 Å². The van der Waals surface area contributed by atoms with Crippen molar-refractivity contribution in [2.45, 2.75) is 32.2 Å². The van der Waals surface area contributed by atoms with Crippen molar-refractivity contribution in [2.24, 2.45) is 0 Å². The van der Waals surface area contributed by atoms with Crippen molar-refractivity contribution in [3.63, 3.8) is 0 Å². The number of hydrogen-bond donors (Lipinski definition) is 1. The minimum atomic E-state index is 0.0556. The first-order chi connectivity index (χ1) is 9.06. The summed E-state index contributed by atoms with van der Waals surface area (Å²) in [7, 11) is 0. The largest absolute Gasteiger partial charge is 0.368 e. The fourth-order valence-electron chi connectivity index (χ4n) is 2.46. The minimum Gasteiger partial charge on any atom is -0.368 e. The van der Waals surface area contributed by atoms with E-state index in [4.69, 9.17) is 5.73 Å². The van der Waals surface area contributed by atoms with Gasteiger partial charge in [0.2, 0.25) is 17.8 Å². The zero-order valence-corrected chi connectivity index (χ0v) is 11.1. The molecule has 1 saturated heterocycles. The van der Waals surface area contributed by atoms with Crippen LogP contribution in [0.4, 0.5) is 11.9 Å². The van der Waals surface area contributed by atoms with E-state index in [9.17, 15) is 0 Å². The fourth-order valence-corrected chi connectivity index (χ4v) is 2.46. The highest BCUT2D eigenvalue weighted by atomic mass is 15.4. The normalized spacial score (nSPS) is 17.9. The number of rotatable bonds is 2. The number of imidazole rings is 1. The topological polar surface area (TPSA) is 85.8 Å². The molecule has 2 aromatic rings. The monoisotopic (exact) mass is 259 g/mol. The highest BCUT2D eigenvalue weighted by Crippen LogP contribution is 2.31. The summed E-state index contributed by atoms with van der Waals surface area (Å²) in [6, 6.07) is 0. The van der Waals surface area contributed by atoms with Crippen molar-refractivity contribution < 1.29 is 0 Å². The van der Waals surface area contributed by atoms with E-state index in [0.29, 0.717) is 11.9 Å². The van der Waals surface area contributed by atoms with Crippen LogP contribution in [0.2, 0.25) is 0 Å². The molecule has 19 heavy (non-hydrogen) atoms. The molecule has 0 aromatic carbocycles. The van der Waals surface area contributed by atoms with E-state index in [1.54, 1.807) is 23.3 Å². The van der Waals surface area contributed by atoms with Gasteiger partial charge in [-0.15, -0.1) is 0 Å². The predicted molar refractivity (Wildman–Crippen MR) is 72.0 cm³/mol. The van der Waals surface area contributed by atoms with Crippen molar-refractivity contribution >= 4 is 11.9 Å². The number of anilines is 2. The molecule has 2 N–H and O–H groups in total. The van der Waals surface area contributed by atoms with Gasteiger partial charge in [0.05, 0.1) is 0 Å². The van der Waals surface area contributed by atoms with Gasteiger partial charge < -0.3 is 10.6 Å². The molecule has 0 radical (unpaired) electrons. The summed E-state index contributed by atoms with van der Waals surface area (Å²) in [5, 5.41) is 0. The Bertz CT molecular complexity index is 576. The first kappa shape index (κ1) is 11.9. The molecule has 1 aliphatic heterocycles. The first-order valence-electron chi connectivity index (χ1n) is 6.34. The number of hydrogen-bond acceptors (Lipinski definition) is 6. The molecule has 1 fully saturated rings. The second-order valence-corrected chi connectivity index (χ2v) is 5.33. The van der Waals surface area contributed by atoms with Crippen molar-refractivity contribution in [2.75, 3.05) is 17.2 Å². The van der Waals surface area contributed by atoms with Crippen molar-refractivity contribution in [3.05, 3.63) is 18.7 Å². The zero-order valence-electron chi connectivity index (χ0n) is 11.1. The lowest BCUT2D eigenvalue weighted by Gasteiger charge is -2.31. The van der Waals surface area contributed by atoms with Gasteiger partial charge in [-0.25, -0.2) is 4.98 Å². The molecular formula is C12H17N7. The first-order valence-corrected chi connectivity index (χ1v) is 6.34. The predicted octanol–water partition coefficient (Wildman–Crippen LogP) is 1.02. The lowest BCUT2D eigenvalue weighted by atomic mass is 10.0. The molecule has 1 aliphatic rings. The molecule has 0 aliphatic carbocycles. The maximum atomic E-state index is 5.80. The molecule has 2 aromatic heterocycles. The molecule has 0 saturated carbocycles. The van der Waals surface area contributed by atoms with E-state index >= 15 is 0 Å². The number of nitrogens with zero attached hydrogens (tertiary/aromatic N) is 6. The SMILES string of the molecule is CC1(C)CCCN1c1nc(N)nc(-n2ccnc2)n1. The van der Waals surface area contributed by atoms with E-state index in [0.717, 1.165) is 19.4 Å². The molecule has 100 valence electrons. The number of nitrogen functional groups attached to an aromatic ring is 1. The third kappa shape index (κ3) is 2.11. The van der Waals surface area contributed by atoms with Crippen LogP contribution in [-0.4, -0.2) is 36.6 Å². The van der Waals surface area contributed by atoms with Crippen molar-refractivity contribution in [1.29, 1.82) is 0 Å². The molecule has 0 amide bonds. The Kier molecular flexibility index (Phi) is 2.62. The zero-order chi connectivity index (χ0) is 13.5. The van der Waals surface area contributed by atoms with Crippen LogP contribution in [-0.2, 0) is 0 Å². The molecular weight excluding hydrogens is 242 g/mol. The van der Waals surface area contributed by atoms with Gasteiger partial charge in [0.25, 0.3) is 0 Å². The smallest absolute Gasteiger partial charge is 0.241 e. The fraction of sp³-hybridized carbons (Fsp3) is 0.500. The second kappa shape index (κ2) is 4.18. The van der Waals surface area contributed by atoms with Crippen LogP contribution >= 0.6 is 0 Å². The minimum absolute atomic E-state index is 0.0556. The highest BCUT2D eigenvalue weighted by Gasteiger charge is 2.34. The van der Waals surface area contributed by atoms with Gasteiger partial charge in [0.1, 0.15) is 6.33 Å². The molecule has 7 nitrogen and oxygen atoms in total. The average molecular weight is 259 g/mol. The summed E-state index contributed by atoms with van der Waals surface area (Å²) in [6.45, 7) is 5.33. The molecule has 0 bridgehead atoms. The maximum Gasteiger partial charge on any atom is 0.241 e. The quantitative estimate of drug-likeness (QED) is 0.866. The van der Waals surface area contributed by atoms with Crippen molar-refractivity contribution in [3.8, 4) is 5.95 Å².